The molecule has 0 fully saturated rings. The number of fused-ring (bicyclic) bond motifs is 1. The van der Waals surface area contributed by atoms with Crippen molar-refractivity contribution in [3.05, 3.63) is 63.1 Å². The summed E-state index contributed by atoms with van der Waals surface area (Å²) in [6.45, 7) is 3.94. The Morgan fingerprint density at radius 1 is 1.33 bits per heavy atom. The van der Waals surface area contributed by atoms with Gasteiger partial charge in [-0.15, -0.1) is 11.3 Å². The minimum absolute atomic E-state index is 0.154. The fourth-order valence-electron chi connectivity index (χ4n) is 2.68. The Balaban J connectivity index is 1.87. The van der Waals surface area contributed by atoms with E-state index < -0.39 is 4.92 Å². The van der Waals surface area contributed by atoms with Crippen LogP contribution in [-0.2, 0) is 0 Å². The molecule has 3 rings (SSSR count). The maximum atomic E-state index is 12.9. The van der Waals surface area contributed by atoms with Crippen LogP contribution in [0, 0.1) is 10.1 Å². The minimum atomic E-state index is -0.543. The second kappa shape index (κ2) is 7.71. The second-order valence-corrected chi connectivity index (χ2v) is 7.05. The minimum Gasteiger partial charge on any atom is -0.487 e. The first-order valence-corrected chi connectivity index (χ1v) is 9.28. The summed E-state index contributed by atoms with van der Waals surface area (Å²) in [5.74, 6) is -0.158. The predicted octanol–water partition coefficient (Wildman–Crippen LogP) is 4.44. The van der Waals surface area contributed by atoms with Gasteiger partial charge in [-0.2, -0.15) is 0 Å². The molecule has 0 aliphatic heterocycles. The highest BCUT2D eigenvalue weighted by molar-refractivity contribution is 7.18. The first-order valence-electron chi connectivity index (χ1n) is 8.46. The topological polar surface area (TPSA) is 85.6 Å². The van der Waals surface area contributed by atoms with E-state index in [-0.39, 0.29) is 28.9 Å². The van der Waals surface area contributed by atoms with Gasteiger partial charge in [0.2, 0.25) is 0 Å². The van der Waals surface area contributed by atoms with E-state index in [1.807, 2.05) is 31.2 Å². The molecular weight excluding hydrogens is 366 g/mol. The van der Waals surface area contributed by atoms with E-state index in [1.165, 1.54) is 28.4 Å². The van der Waals surface area contributed by atoms with Gasteiger partial charge in [-0.3, -0.25) is 14.9 Å². The average molecular weight is 385 g/mol. The van der Waals surface area contributed by atoms with Crippen LogP contribution in [0.5, 0.6) is 5.75 Å². The van der Waals surface area contributed by atoms with Crippen LogP contribution in [0.1, 0.15) is 35.3 Å². The number of nitro groups is 1. The number of carbonyl (C=O) groups is 1. The van der Waals surface area contributed by atoms with Gasteiger partial charge in [0.15, 0.2) is 5.75 Å². The van der Waals surface area contributed by atoms with E-state index >= 15 is 0 Å². The number of aromatic nitrogens is 1. The van der Waals surface area contributed by atoms with Crippen molar-refractivity contribution < 1.29 is 14.5 Å². The number of hydrogen-bond donors (Lipinski definition) is 0. The van der Waals surface area contributed by atoms with Crippen LogP contribution in [0.25, 0.3) is 10.2 Å². The monoisotopic (exact) mass is 385 g/mol. The Kier molecular flexibility index (Phi) is 5.36. The van der Waals surface area contributed by atoms with Crippen LogP contribution in [0.4, 0.5) is 5.69 Å². The van der Waals surface area contributed by atoms with Crippen molar-refractivity contribution in [3.8, 4) is 5.75 Å². The molecule has 0 bridgehead atoms. The van der Waals surface area contributed by atoms with Crippen LogP contribution >= 0.6 is 11.3 Å². The maximum absolute atomic E-state index is 12.9. The van der Waals surface area contributed by atoms with Gasteiger partial charge >= 0.3 is 5.69 Å². The highest BCUT2D eigenvalue weighted by Gasteiger charge is 2.25. The SMILES string of the molecule is CCOc1ccc(C(=O)N(C)[C@H](C)c2nc3ccccc3s2)cc1[N+](=O)[O-]. The van der Waals surface area contributed by atoms with Gasteiger partial charge in [-0.25, -0.2) is 4.98 Å². The first kappa shape index (κ1) is 18.8. The molecule has 3 aromatic rings. The maximum Gasteiger partial charge on any atom is 0.311 e. The molecule has 27 heavy (non-hydrogen) atoms. The van der Waals surface area contributed by atoms with E-state index in [1.54, 1.807) is 20.0 Å². The van der Waals surface area contributed by atoms with E-state index in [0.29, 0.717) is 6.61 Å². The lowest BCUT2D eigenvalue weighted by atomic mass is 10.1. The van der Waals surface area contributed by atoms with Crippen molar-refractivity contribution in [2.75, 3.05) is 13.7 Å². The summed E-state index contributed by atoms with van der Waals surface area (Å²) in [5.41, 5.74) is 0.909. The molecule has 1 amide bonds. The summed E-state index contributed by atoms with van der Waals surface area (Å²) in [6, 6.07) is 11.8. The lowest BCUT2D eigenvalue weighted by molar-refractivity contribution is -0.385. The lowest BCUT2D eigenvalue weighted by Crippen LogP contribution is -2.29. The normalized spacial score (nSPS) is 12.0. The number of para-hydroxylation sites is 1. The number of amides is 1. The summed E-state index contributed by atoms with van der Waals surface area (Å²) in [7, 11) is 1.67. The second-order valence-electron chi connectivity index (χ2n) is 5.98. The average Bonchev–Trinajstić information content (AvgIpc) is 3.10. The van der Waals surface area contributed by atoms with Gasteiger partial charge < -0.3 is 9.64 Å². The molecule has 0 spiro atoms. The molecule has 0 unspecified atom stereocenters. The highest BCUT2D eigenvalue weighted by atomic mass is 32.1. The van der Waals surface area contributed by atoms with Crippen molar-refractivity contribution in [1.29, 1.82) is 0 Å². The Bertz CT molecular complexity index is 969. The van der Waals surface area contributed by atoms with Gasteiger partial charge in [0, 0.05) is 18.7 Å². The fraction of sp³-hybridized carbons (Fsp3) is 0.263. The quantitative estimate of drug-likeness (QED) is 0.463. The van der Waals surface area contributed by atoms with Gasteiger partial charge in [-0.1, -0.05) is 12.1 Å². The van der Waals surface area contributed by atoms with E-state index in [0.717, 1.165) is 15.2 Å². The molecule has 8 heteroatoms. The number of benzene rings is 2. The number of thiazole rings is 1. The third-order valence-corrected chi connectivity index (χ3v) is 5.48. The summed E-state index contributed by atoms with van der Waals surface area (Å²) in [6.07, 6.45) is 0. The Hall–Kier alpha value is -3.00. The van der Waals surface area contributed by atoms with Gasteiger partial charge in [0.05, 0.1) is 27.8 Å². The van der Waals surface area contributed by atoms with Crippen LogP contribution in [0.15, 0.2) is 42.5 Å². The van der Waals surface area contributed by atoms with Crippen molar-refractivity contribution in [2.45, 2.75) is 19.9 Å². The van der Waals surface area contributed by atoms with Crippen LogP contribution in [0.3, 0.4) is 0 Å². The molecule has 0 saturated heterocycles. The van der Waals surface area contributed by atoms with Gasteiger partial charge in [0.1, 0.15) is 5.01 Å². The Labute approximate surface area is 160 Å². The molecule has 0 N–H and O–H groups in total. The van der Waals surface area contributed by atoms with E-state index in [4.69, 9.17) is 4.74 Å². The molecule has 7 nitrogen and oxygen atoms in total. The molecule has 0 saturated carbocycles. The summed E-state index contributed by atoms with van der Waals surface area (Å²) in [4.78, 5) is 29.7. The summed E-state index contributed by atoms with van der Waals surface area (Å²) in [5, 5.41) is 12.1. The third kappa shape index (κ3) is 3.75. The van der Waals surface area contributed by atoms with Crippen molar-refractivity contribution in [2.24, 2.45) is 0 Å². The van der Waals surface area contributed by atoms with Crippen LogP contribution in [0.2, 0.25) is 0 Å². The van der Waals surface area contributed by atoms with Crippen LogP contribution < -0.4 is 4.74 Å². The number of rotatable bonds is 6. The van der Waals surface area contributed by atoms with Crippen molar-refractivity contribution >= 4 is 33.1 Å². The smallest absolute Gasteiger partial charge is 0.311 e. The molecule has 0 aliphatic rings. The molecule has 2 aromatic carbocycles. The summed E-state index contributed by atoms with van der Waals surface area (Å²) < 4.78 is 6.32. The van der Waals surface area contributed by atoms with Crippen molar-refractivity contribution in [3.63, 3.8) is 0 Å². The first-order chi connectivity index (χ1) is 12.9. The zero-order valence-electron chi connectivity index (χ0n) is 15.2. The number of carbonyl (C=O) groups excluding carboxylic acids is 1. The molecule has 0 radical (unpaired) electrons. The number of ether oxygens (including phenoxy) is 1. The highest BCUT2D eigenvalue weighted by Crippen LogP contribution is 2.31. The molecule has 1 atom stereocenters. The van der Waals surface area contributed by atoms with Gasteiger partial charge in [0.25, 0.3) is 5.91 Å². The summed E-state index contributed by atoms with van der Waals surface area (Å²) >= 11 is 1.53. The molecule has 1 aromatic heterocycles. The molecule has 140 valence electrons. The zero-order chi connectivity index (χ0) is 19.6. The fourth-order valence-corrected chi connectivity index (χ4v) is 3.75. The van der Waals surface area contributed by atoms with Crippen LogP contribution in [-0.4, -0.2) is 34.4 Å². The number of nitro benzene ring substituents is 1. The largest absolute Gasteiger partial charge is 0.487 e. The van der Waals surface area contributed by atoms with E-state index in [9.17, 15) is 14.9 Å². The Morgan fingerprint density at radius 3 is 2.74 bits per heavy atom. The Morgan fingerprint density at radius 2 is 2.07 bits per heavy atom. The number of nitrogens with zero attached hydrogens (tertiary/aromatic N) is 3. The standard InChI is InChI=1S/C19H19N3O4S/c1-4-26-16-10-9-13(11-15(16)22(24)25)19(23)21(3)12(2)18-20-14-7-5-6-8-17(14)27-18/h5-12H,4H2,1-3H3/t12-/m1/s1. The van der Waals surface area contributed by atoms with Gasteiger partial charge in [-0.05, 0) is 38.1 Å². The molecule has 1 heterocycles. The molecule has 0 aliphatic carbocycles. The van der Waals surface area contributed by atoms with Crippen molar-refractivity contribution in [1.82, 2.24) is 9.88 Å². The zero-order valence-corrected chi connectivity index (χ0v) is 16.0. The van der Waals surface area contributed by atoms with E-state index in [2.05, 4.69) is 4.98 Å². The molecular formula is C19H19N3O4S. The third-order valence-electron chi connectivity index (χ3n) is 4.27. The lowest BCUT2D eigenvalue weighted by Gasteiger charge is -2.23. The predicted molar refractivity (Wildman–Crippen MR) is 104 cm³/mol. The number of hydrogen-bond acceptors (Lipinski definition) is 6.